The third-order valence-electron chi connectivity index (χ3n) is 0.915. The summed E-state index contributed by atoms with van der Waals surface area (Å²) in [7, 11) is 1.98. The average molecular weight is 175 g/mol. The van der Waals surface area contributed by atoms with E-state index in [2.05, 4.69) is 28.6 Å². The van der Waals surface area contributed by atoms with E-state index in [0.29, 0.717) is 7.07 Å². The molecule has 62 valence electrons. The molecule has 0 aromatic rings. The maximum absolute atomic E-state index is 12.5. The van der Waals surface area contributed by atoms with E-state index in [4.69, 9.17) is 5.31 Å². The van der Waals surface area contributed by atoms with E-state index >= 15 is 0 Å². The van der Waals surface area contributed by atoms with Gasteiger partial charge in [-0.25, -0.2) is 0 Å². The number of allylic oxidation sites excluding steroid dienone is 1. The van der Waals surface area contributed by atoms with Crippen LogP contribution in [0, 0.1) is 29.2 Å². The van der Waals surface area contributed by atoms with Crippen LogP contribution in [0.25, 0.3) is 0 Å². The Labute approximate surface area is 76.4 Å². The van der Waals surface area contributed by atoms with Crippen molar-refractivity contribution in [3.8, 4) is 23.9 Å². The van der Waals surface area contributed by atoms with E-state index in [1.807, 2.05) is 0 Å². The minimum atomic E-state index is -0.985. The molecular weight excluding hydrogens is 171 g/mol. The Morgan fingerprint density at radius 2 is 2.23 bits per heavy atom. The monoisotopic (exact) mass is 175 g/mol. The fraction of sp³-hybridized carbons (Fsp3) is 0.143. The molecule has 0 amide bonds. The van der Waals surface area contributed by atoms with E-state index in [1.54, 1.807) is 0 Å². The van der Waals surface area contributed by atoms with Crippen LogP contribution < -0.4 is 0 Å². The zero-order valence-electron chi connectivity index (χ0n) is 6.85. The summed E-state index contributed by atoms with van der Waals surface area (Å²) in [5.41, 5.74) is -1.39. The number of rotatable bonds is 2. The molecule has 1 N–H and O–H groups in total. The van der Waals surface area contributed by atoms with E-state index in [0.717, 1.165) is 0 Å². The molecule has 0 aliphatic carbocycles. The molecule has 0 rings (SSSR count). The summed E-state index contributed by atoms with van der Waals surface area (Å²) < 4.78 is 27.1. The van der Waals surface area contributed by atoms with Gasteiger partial charge in [0, 0.05) is 0 Å². The molecular formula is C7H4B2FNO2. The van der Waals surface area contributed by atoms with Crippen LogP contribution in [0.5, 0.6) is 0 Å². The van der Waals surface area contributed by atoms with Gasteiger partial charge in [-0.1, -0.05) is 0 Å². The van der Waals surface area contributed by atoms with Crippen LogP contribution in [0.1, 0.15) is 0 Å². The fourth-order valence-corrected chi connectivity index (χ4v) is 0.398. The quantitative estimate of drug-likeness (QED) is 0.482. The molecule has 0 aliphatic heterocycles. The molecule has 0 fully saturated rings. The number of halogens is 1. The zero-order chi connectivity index (χ0) is 10.1. The topological polar surface area (TPSA) is 50.2 Å². The number of ether oxygens (including phenoxy) is 1. The first kappa shape index (κ1) is 11.3. The molecule has 0 aromatic carbocycles. The van der Waals surface area contributed by atoms with Crippen LogP contribution in [0.3, 0.4) is 0 Å². The number of nitrogens with one attached hydrogen (secondary N) is 1. The van der Waals surface area contributed by atoms with Crippen molar-refractivity contribution in [3.63, 3.8) is 0 Å². The van der Waals surface area contributed by atoms with Crippen LogP contribution in [-0.4, -0.2) is 21.3 Å². The number of hydrogen-bond donors (Lipinski definition) is 1. The van der Waals surface area contributed by atoms with Crippen molar-refractivity contribution in [3.05, 3.63) is 11.2 Å². The summed E-state index contributed by atoms with van der Waals surface area (Å²) in [6.07, 6.45) is 2.14. The first-order valence-electron chi connectivity index (χ1n) is 3.15. The molecule has 6 heteroatoms. The van der Waals surface area contributed by atoms with Crippen molar-refractivity contribution in [2.24, 2.45) is 0 Å². The van der Waals surface area contributed by atoms with Crippen molar-refractivity contribution in [2.75, 3.05) is 7.11 Å². The summed E-state index contributed by atoms with van der Waals surface area (Å²) >= 11 is 0. The van der Waals surface area contributed by atoms with Gasteiger partial charge in [0.25, 0.3) is 0 Å². The van der Waals surface area contributed by atoms with Gasteiger partial charge in [-0.2, -0.15) is 0 Å². The third-order valence-corrected chi connectivity index (χ3v) is 0.915. The second-order valence-electron chi connectivity index (χ2n) is 1.70. The van der Waals surface area contributed by atoms with Gasteiger partial charge >= 0.3 is 75.5 Å². The van der Waals surface area contributed by atoms with Gasteiger partial charge in [0.2, 0.25) is 0 Å². The SMILES string of the molecule is COC#CC#C/C(B=O)=C(\F)B=N. The van der Waals surface area contributed by atoms with Crippen molar-refractivity contribution < 1.29 is 13.8 Å². The Kier molecular flexibility index (Phi) is 6.09. The van der Waals surface area contributed by atoms with Gasteiger partial charge in [-0.15, -0.1) is 0 Å². The Hall–Kier alpha value is -1.68. The van der Waals surface area contributed by atoms with E-state index in [1.165, 1.54) is 7.11 Å². The molecule has 13 heavy (non-hydrogen) atoms. The van der Waals surface area contributed by atoms with E-state index < -0.39 is 11.2 Å². The predicted molar refractivity (Wildman–Crippen MR) is 45.6 cm³/mol. The molecule has 3 nitrogen and oxygen atoms in total. The molecule has 0 bridgehead atoms. The van der Waals surface area contributed by atoms with Crippen LogP contribution in [-0.2, 0) is 9.44 Å². The van der Waals surface area contributed by atoms with E-state index in [-0.39, 0.29) is 7.15 Å². The minimum absolute atomic E-state index is 0.224. The summed E-state index contributed by atoms with van der Waals surface area (Å²) in [5, 5.41) is 6.51. The van der Waals surface area contributed by atoms with Gasteiger partial charge < -0.3 is 0 Å². The normalized spacial score (nSPS) is 8.77. The predicted octanol–water partition coefficient (Wildman–Crippen LogP) is 0.252. The fourth-order valence-electron chi connectivity index (χ4n) is 0.398. The van der Waals surface area contributed by atoms with Crippen LogP contribution in [0.2, 0.25) is 0 Å². The van der Waals surface area contributed by atoms with Crippen molar-refractivity contribution in [1.82, 2.24) is 0 Å². The number of methoxy groups -OCH3 is 1. The summed E-state index contributed by atoms with van der Waals surface area (Å²) in [6, 6.07) is 0. The molecule has 0 saturated heterocycles. The Morgan fingerprint density at radius 3 is 2.69 bits per heavy atom. The molecule has 0 spiro atoms. The first-order chi connectivity index (χ1) is 6.26. The Morgan fingerprint density at radius 1 is 1.54 bits per heavy atom. The average Bonchev–Trinajstić information content (AvgIpc) is 2.17. The molecule has 0 radical (unpaired) electrons. The van der Waals surface area contributed by atoms with Crippen molar-refractivity contribution in [1.29, 1.82) is 5.31 Å². The van der Waals surface area contributed by atoms with Gasteiger partial charge in [-0.05, 0) is 0 Å². The summed E-state index contributed by atoms with van der Waals surface area (Å²) in [5.74, 6) is 6.53. The zero-order valence-corrected chi connectivity index (χ0v) is 6.85. The molecule has 0 aliphatic rings. The van der Waals surface area contributed by atoms with Gasteiger partial charge in [0.1, 0.15) is 0 Å². The Balaban J connectivity index is 4.71. The second-order valence-corrected chi connectivity index (χ2v) is 1.70. The summed E-state index contributed by atoms with van der Waals surface area (Å²) in [4.78, 5) is 0. The van der Waals surface area contributed by atoms with Crippen molar-refractivity contribution in [2.45, 2.75) is 0 Å². The number of hydrogen-bond acceptors (Lipinski definition) is 3. The van der Waals surface area contributed by atoms with Gasteiger partial charge in [-0.3, -0.25) is 0 Å². The van der Waals surface area contributed by atoms with Gasteiger partial charge in [0.05, 0.1) is 0 Å². The van der Waals surface area contributed by atoms with Gasteiger partial charge in [0.15, 0.2) is 0 Å². The maximum atomic E-state index is 12.5. The molecule has 0 unspecified atom stereocenters. The summed E-state index contributed by atoms with van der Waals surface area (Å²) in [6.45, 7) is 0. The van der Waals surface area contributed by atoms with Crippen LogP contribution >= 0.6 is 0 Å². The molecule has 0 aromatic heterocycles. The first-order valence-corrected chi connectivity index (χ1v) is 3.15. The molecule has 0 atom stereocenters. The third kappa shape index (κ3) is 4.71. The van der Waals surface area contributed by atoms with Crippen LogP contribution in [0.4, 0.5) is 4.39 Å². The standard InChI is InChI=1S/C7H4B2FNO2/c1-13-5-3-2-4-6(9-12)7(10)8-11/h11H,1H3/b7-6+. The Bertz CT molecular complexity index is 356. The molecule has 0 saturated carbocycles. The van der Waals surface area contributed by atoms with E-state index in [9.17, 15) is 9.10 Å². The molecule has 0 heterocycles. The van der Waals surface area contributed by atoms with Crippen molar-refractivity contribution >= 4 is 14.2 Å². The van der Waals surface area contributed by atoms with Crippen LogP contribution in [0.15, 0.2) is 11.2 Å². The second kappa shape index (κ2) is 7.00.